The van der Waals surface area contributed by atoms with Gasteiger partial charge in [0.15, 0.2) is 0 Å². The first-order valence-corrected chi connectivity index (χ1v) is 5.68. The summed E-state index contributed by atoms with van der Waals surface area (Å²) in [5, 5.41) is 3.08. The lowest BCUT2D eigenvalue weighted by Gasteiger charge is -2.17. The molecule has 0 spiro atoms. The summed E-state index contributed by atoms with van der Waals surface area (Å²) < 4.78 is 13.7. The summed E-state index contributed by atoms with van der Waals surface area (Å²) in [7, 11) is 1.79. The Kier molecular flexibility index (Phi) is 3.84. The van der Waals surface area contributed by atoms with E-state index in [1.807, 2.05) is 12.1 Å². The summed E-state index contributed by atoms with van der Waals surface area (Å²) in [5.41, 5.74) is 7.27. The van der Waals surface area contributed by atoms with Crippen LogP contribution in [0.2, 0.25) is 0 Å². The molecule has 0 bridgehead atoms. The van der Waals surface area contributed by atoms with Crippen LogP contribution in [0.5, 0.6) is 0 Å². The number of halogens is 1. The normalized spacial score (nSPS) is 12.3. The van der Waals surface area contributed by atoms with Crippen LogP contribution in [0.4, 0.5) is 10.2 Å². The minimum atomic E-state index is -0.320. The van der Waals surface area contributed by atoms with Crippen molar-refractivity contribution in [1.29, 1.82) is 0 Å². The van der Waals surface area contributed by atoms with Crippen LogP contribution in [0.3, 0.4) is 0 Å². The van der Waals surface area contributed by atoms with Crippen molar-refractivity contribution in [2.45, 2.75) is 12.5 Å². The highest BCUT2D eigenvalue weighted by molar-refractivity contribution is 5.39. The number of nitrogens with two attached hydrogens (primary N) is 1. The summed E-state index contributed by atoms with van der Waals surface area (Å²) in [6.45, 7) is 0. The van der Waals surface area contributed by atoms with Crippen LogP contribution >= 0.6 is 0 Å². The number of nitrogens with one attached hydrogen (secondary N) is 1. The first kappa shape index (κ1) is 12.4. The Bertz CT molecular complexity index is 530. The maximum atomic E-state index is 13.7. The molecule has 0 aromatic carbocycles. The second kappa shape index (κ2) is 5.55. The van der Waals surface area contributed by atoms with Crippen molar-refractivity contribution >= 4 is 5.82 Å². The minimum Gasteiger partial charge on any atom is -0.383 e. The maximum absolute atomic E-state index is 13.7. The quantitative estimate of drug-likeness (QED) is 0.862. The lowest BCUT2D eigenvalue weighted by molar-refractivity contribution is 0.530. The van der Waals surface area contributed by atoms with Gasteiger partial charge in [-0.15, -0.1) is 0 Å². The number of anilines is 1. The molecule has 0 saturated carbocycles. The van der Waals surface area contributed by atoms with Gasteiger partial charge in [-0.3, -0.25) is 4.98 Å². The first-order chi connectivity index (χ1) is 8.72. The number of aromatic nitrogens is 2. The van der Waals surface area contributed by atoms with E-state index in [9.17, 15) is 4.39 Å². The van der Waals surface area contributed by atoms with E-state index >= 15 is 0 Å². The van der Waals surface area contributed by atoms with Crippen molar-refractivity contribution in [2.24, 2.45) is 0 Å². The van der Waals surface area contributed by atoms with Crippen LogP contribution in [-0.2, 0) is 6.42 Å². The highest BCUT2D eigenvalue weighted by Crippen LogP contribution is 2.22. The molecule has 4 nitrogen and oxygen atoms in total. The lowest BCUT2D eigenvalue weighted by Crippen LogP contribution is -2.20. The van der Waals surface area contributed by atoms with Crippen molar-refractivity contribution in [1.82, 2.24) is 15.3 Å². The van der Waals surface area contributed by atoms with Crippen molar-refractivity contribution < 1.29 is 4.39 Å². The molecule has 94 valence electrons. The molecule has 2 aromatic heterocycles. The van der Waals surface area contributed by atoms with E-state index in [0.29, 0.717) is 17.8 Å². The van der Waals surface area contributed by atoms with Crippen LogP contribution in [0.15, 0.2) is 36.8 Å². The van der Waals surface area contributed by atoms with E-state index in [-0.39, 0.29) is 11.9 Å². The molecule has 0 amide bonds. The van der Waals surface area contributed by atoms with Crippen LogP contribution in [0.1, 0.15) is 17.2 Å². The molecule has 0 saturated heterocycles. The number of pyridine rings is 2. The Morgan fingerprint density at radius 1 is 1.39 bits per heavy atom. The van der Waals surface area contributed by atoms with Crippen molar-refractivity contribution in [3.8, 4) is 0 Å². The van der Waals surface area contributed by atoms with E-state index in [1.54, 1.807) is 25.5 Å². The number of nitrogens with zero attached hydrogens (tertiary/aromatic N) is 2. The summed E-state index contributed by atoms with van der Waals surface area (Å²) in [6.07, 6.45) is 5.01. The fourth-order valence-electron chi connectivity index (χ4n) is 1.88. The molecule has 0 aliphatic carbocycles. The average molecular weight is 246 g/mol. The Balaban J connectivity index is 2.26. The maximum Gasteiger partial charge on any atom is 0.146 e. The molecule has 3 N–H and O–H groups in total. The lowest BCUT2D eigenvalue weighted by atomic mass is 10.00. The summed E-state index contributed by atoms with van der Waals surface area (Å²) >= 11 is 0. The van der Waals surface area contributed by atoms with Gasteiger partial charge >= 0.3 is 0 Å². The third kappa shape index (κ3) is 2.62. The highest BCUT2D eigenvalue weighted by atomic mass is 19.1. The number of hydrogen-bond donors (Lipinski definition) is 2. The molecular formula is C13H15FN4. The Labute approximate surface area is 105 Å². The first-order valence-electron chi connectivity index (χ1n) is 5.68. The zero-order valence-corrected chi connectivity index (χ0v) is 10.1. The molecule has 2 rings (SSSR count). The fourth-order valence-corrected chi connectivity index (χ4v) is 1.88. The van der Waals surface area contributed by atoms with Gasteiger partial charge in [-0.05, 0) is 31.2 Å². The monoisotopic (exact) mass is 246 g/mol. The van der Waals surface area contributed by atoms with E-state index < -0.39 is 0 Å². The van der Waals surface area contributed by atoms with Crippen molar-refractivity contribution in [3.63, 3.8) is 0 Å². The predicted molar refractivity (Wildman–Crippen MR) is 68.3 cm³/mol. The third-order valence-electron chi connectivity index (χ3n) is 2.88. The molecule has 2 aromatic rings. The molecule has 0 radical (unpaired) electrons. The van der Waals surface area contributed by atoms with E-state index in [2.05, 4.69) is 15.3 Å². The van der Waals surface area contributed by atoms with Gasteiger partial charge in [0, 0.05) is 24.0 Å². The second-order valence-corrected chi connectivity index (χ2v) is 3.99. The van der Waals surface area contributed by atoms with Crippen LogP contribution in [0.25, 0.3) is 0 Å². The standard InChI is InChI=1S/C13H15FN4/c1-16-12(10-4-6-17-8-11(10)14)7-9-3-2-5-18-13(9)15/h2-6,8,12,16H,7H2,1H3,(H2,15,18). The summed E-state index contributed by atoms with van der Waals surface area (Å²) in [5.74, 6) is 0.159. The van der Waals surface area contributed by atoms with Gasteiger partial charge in [0.05, 0.1) is 6.20 Å². The number of rotatable bonds is 4. The summed E-state index contributed by atoms with van der Waals surface area (Å²) in [6, 6.07) is 5.23. The van der Waals surface area contributed by atoms with Crippen molar-refractivity contribution in [2.75, 3.05) is 12.8 Å². The van der Waals surface area contributed by atoms with Crippen molar-refractivity contribution in [3.05, 3.63) is 53.7 Å². The highest BCUT2D eigenvalue weighted by Gasteiger charge is 2.15. The van der Waals surface area contributed by atoms with Gasteiger partial charge in [-0.1, -0.05) is 6.07 Å². The Hall–Kier alpha value is -2.01. The Morgan fingerprint density at radius 2 is 2.22 bits per heavy atom. The zero-order chi connectivity index (χ0) is 13.0. The molecule has 2 heterocycles. The van der Waals surface area contributed by atoms with E-state index in [0.717, 1.165) is 5.56 Å². The molecule has 0 fully saturated rings. The van der Waals surface area contributed by atoms with Gasteiger partial charge in [-0.2, -0.15) is 0 Å². The Morgan fingerprint density at radius 3 is 2.89 bits per heavy atom. The molecule has 1 atom stereocenters. The third-order valence-corrected chi connectivity index (χ3v) is 2.88. The fraction of sp³-hybridized carbons (Fsp3) is 0.231. The molecule has 0 aliphatic heterocycles. The number of nitrogen functional groups attached to an aromatic ring is 1. The summed E-state index contributed by atoms with van der Waals surface area (Å²) in [4.78, 5) is 7.77. The predicted octanol–water partition coefficient (Wildman–Crippen LogP) is 1.70. The van der Waals surface area contributed by atoms with Crippen LogP contribution < -0.4 is 11.1 Å². The van der Waals surface area contributed by atoms with Gasteiger partial charge in [0.1, 0.15) is 11.6 Å². The van der Waals surface area contributed by atoms with E-state index in [4.69, 9.17) is 5.73 Å². The largest absolute Gasteiger partial charge is 0.383 e. The van der Waals surface area contributed by atoms with Crippen LogP contribution in [0, 0.1) is 5.82 Å². The number of hydrogen-bond acceptors (Lipinski definition) is 4. The van der Waals surface area contributed by atoms with E-state index in [1.165, 1.54) is 6.20 Å². The molecule has 18 heavy (non-hydrogen) atoms. The van der Waals surface area contributed by atoms with Crippen LogP contribution in [-0.4, -0.2) is 17.0 Å². The average Bonchev–Trinajstić information content (AvgIpc) is 2.39. The molecular weight excluding hydrogens is 231 g/mol. The molecule has 1 unspecified atom stereocenters. The van der Waals surface area contributed by atoms with Gasteiger partial charge < -0.3 is 11.1 Å². The minimum absolute atomic E-state index is 0.153. The smallest absolute Gasteiger partial charge is 0.146 e. The topological polar surface area (TPSA) is 63.8 Å². The SMILES string of the molecule is CNC(Cc1cccnc1N)c1ccncc1F. The number of likely N-dealkylation sites (N-methyl/N-ethyl adjacent to an activating group) is 1. The second-order valence-electron chi connectivity index (χ2n) is 3.99. The van der Waals surface area contributed by atoms with Gasteiger partial charge in [0.2, 0.25) is 0 Å². The zero-order valence-electron chi connectivity index (χ0n) is 10.1. The van der Waals surface area contributed by atoms with Gasteiger partial charge in [0.25, 0.3) is 0 Å². The molecule has 0 aliphatic rings. The molecule has 5 heteroatoms. The van der Waals surface area contributed by atoms with Gasteiger partial charge in [-0.25, -0.2) is 9.37 Å².